The quantitative estimate of drug-likeness (QED) is 0.0347. The molecule has 1 aliphatic heterocycles. The van der Waals surface area contributed by atoms with Gasteiger partial charge in [-0.3, -0.25) is 52.7 Å². The van der Waals surface area contributed by atoms with Crippen molar-refractivity contribution in [1.29, 1.82) is 0 Å². The van der Waals surface area contributed by atoms with Crippen LogP contribution in [-0.4, -0.2) is 187 Å². The molecule has 1 fully saturated rings. The minimum Gasteiger partial charge on any atom is -0.391 e. The maximum atomic E-state index is 14.4. The van der Waals surface area contributed by atoms with Crippen LogP contribution in [0.25, 0.3) is 0 Å². The largest absolute Gasteiger partial charge is 0.391 e. The highest BCUT2D eigenvalue weighted by molar-refractivity contribution is 5.99. The van der Waals surface area contributed by atoms with Gasteiger partial charge in [-0.2, -0.15) is 0 Å². The van der Waals surface area contributed by atoms with Gasteiger partial charge in [-0.25, -0.2) is 0 Å². The molecule has 29 nitrogen and oxygen atoms in total. The maximum absolute atomic E-state index is 14.4. The Morgan fingerprint density at radius 1 is 0.543 bits per heavy atom. The van der Waals surface area contributed by atoms with Crippen LogP contribution >= 0.6 is 0 Å². The lowest BCUT2D eigenvalue weighted by molar-refractivity contribution is -0.137. The molecule has 23 N–H and O–H groups in total. The van der Waals surface area contributed by atoms with E-state index in [1.165, 1.54) is 13.8 Å². The summed E-state index contributed by atoms with van der Waals surface area (Å²) in [5, 5.41) is 49.5. The standard InChI is InChI=1S/C52H98N16O13/c1-9-28(5)12-11-13-39(71)59-32(14-20-53)47(76)68-42(31(8)70)52(81)64-35(17-23-56)44(73)62-37-19-25-58-50(79)41(30(7)69)67-48(77)36(18-24-57)61-43(72)34(16-22-55)63-51(80)40(29(6)10-2)66-49(78)38(26-27(3)4)65-45(74)33(15-21-54)60-46(37)75/h27-38,40-42,69-70H,9-26,53-57H2,1-8H3,(H,58,79)(H,59,71)(H,60,75)(H,61,72)(H,62,73)(H,63,80)(H,64,81)(H,65,74)(H,66,78)(H,67,77)(H,68,76). The van der Waals surface area contributed by atoms with Crippen molar-refractivity contribution in [3.63, 3.8) is 0 Å². The molecule has 0 saturated carbocycles. The molecule has 0 bridgehead atoms. The second-order valence-corrected chi connectivity index (χ2v) is 21.3. The SMILES string of the molecule is CCC(C)CCCC(=O)NC(CCN)C(=O)NC(C(=O)NC(CCN)C(=O)NC1CCNC(=O)C(C(C)O)NC(=O)C(CCN)NC(=O)C(CCN)NC(=O)C(C(C)CC)NC(=O)C(CC(C)C)NC(=O)C(CCN)NC1=O)C(C)O. The smallest absolute Gasteiger partial charge is 0.245 e. The fourth-order valence-electron chi connectivity index (χ4n) is 8.57. The lowest BCUT2D eigenvalue weighted by atomic mass is 9.96. The molecule has 29 heteroatoms. The Labute approximate surface area is 475 Å². The predicted molar refractivity (Wildman–Crippen MR) is 301 cm³/mol. The average Bonchev–Trinajstić information content (AvgIpc) is 3.40. The van der Waals surface area contributed by atoms with Crippen molar-refractivity contribution >= 4 is 65.0 Å². The lowest BCUT2D eigenvalue weighted by Gasteiger charge is -2.30. The molecule has 0 spiro atoms. The summed E-state index contributed by atoms with van der Waals surface area (Å²) in [6.45, 7) is 12.4. The highest BCUT2D eigenvalue weighted by Crippen LogP contribution is 2.14. The summed E-state index contributed by atoms with van der Waals surface area (Å²) in [4.78, 5) is 153. The number of rotatable bonds is 28. The Balaban J connectivity index is 3.84. The highest BCUT2D eigenvalue weighted by Gasteiger charge is 2.38. The van der Waals surface area contributed by atoms with Crippen molar-refractivity contribution in [2.75, 3.05) is 39.3 Å². The van der Waals surface area contributed by atoms with Gasteiger partial charge >= 0.3 is 0 Å². The molecule has 0 aliphatic carbocycles. The van der Waals surface area contributed by atoms with Gasteiger partial charge in [-0.15, -0.1) is 0 Å². The first-order valence-electron chi connectivity index (χ1n) is 28.4. The molecule has 0 radical (unpaired) electrons. The summed E-state index contributed by atoms with van der Waals surface area (Å²) < 4.78 is 0. The molecule has 1 saturated heterocycles. The zero-order valence-corrected chi connectivity index (χ0v) is 48.7. The number of nitrogens with one attached hydrogen (secondary N) is 11. The molecule has 1 rings (SSSR count). The molecule has 1 heterocycles. The van der Waals surface area contributed by atoms with E-state index in [0.29, 0.717) is 18.8 Å². The van der Waals surface area contributed by atoms with Gasteiger partial charge in [0.05, 0.1) is 12.2 Å². The zero-order chi connectivity index (χ0) is 61.5. The van der Waals surface area contributed by atoms with Gasteiger partial charge in [0, 0.05) is 13.0 Å². The van der Waals surface area contributed by atoms with Crippen LogP contribution in [0, 0.1) is 17.8 Å². The second-order valence-electron chi connectivity index (χ2n) is 21.3. The predicted octanol–water partition coefficient (Wildman–Crippen LogP) is -5.83. The van der Waals surface area contributed by atoms with Crippen LogP contribution in [0.15, 0.2) is 0 Å². The van der Waals surface area contributed by atoms with E-state index in [1.54, 1.807) is 27.7 Å². The number of hydrogen-bond donors (Lipinski definition) is 18. The van der Waals surface area contributed by atoms with Crippen LogP contribution in [-0.2, 0) is 52.7 Å². The number of nitrogens with two attached hydrogens (primary N) is 5. The van der Waals surface area contributed by atoms with Gasteiger partial charge in [-0.1, -0.05) is 60.8 Å². The van der Waals surface area contributed by atoms with Crippen LogP contribution in [0.2, 0.25) is 0 Å². The second kappa shape index (κ2) is 38.6. The third kappa shape index (κ3) is 26.1. The summed E-state index contributed by atoms with van der Waals surface area (Å²) in [5.74, 6) is -9.95. The van der Waals surface area contributed by atoms with E-state index < -0.39 is 156 Å². The van der Waals surface area contributed by atoms with E-state index in [2.05, 4.69) is 65.4 Å². The number of amides is 11. The minimum absolute atomic E-state index is 0.0146. The van der Waals surface area contributed by atoms with Crippen molar-refractivity contribution in [3.8, 4) is 0 Å². The number of carbonyl (C=O) groups excluding carboxylic acids is 11. The van der Waals surface area contributed by atoms with E-state index in [0.717, 1.165) is 12.8 Å². The normalized spacial score (nSPS) is 23.9. The summed E-state index contributed by atoms with van der Waals surface area (Å²) in [5.41, 5.74) is 29.2. The Morgan fingerprint density at radius 3 is 1.51 bits per heavy atom. The van der Waals surface area contributed by atoms with Crippen LogP contribution < -0.4 is 87.2 Å². The van der Waals surface area contributed by atoms with Crippen molar-refractivity contribution < 1.29 is 63.0 Å². The molecule has 0 aromatic heterocycles. The first kappa shape index (κ1) is 72.9. The number of aliphatic hydroxyl groups is 2. The van der Waals surface area contributed by atoms with Gasteiger partial charge in [0.2, 0.25) is 65.0 Å². The minimum atomic E-state index is -1.69. The van der Waals surface area contributed by atoms with Crippen LogP contribution in [0.3, 0.4) is 0 Å². The Bertz CT molecular complexity index is 2050. The fourth-order valence-corrected chi connectivity index (χ4v) is 8.57. The summed E-state index contributed by atoms with van der Waals surface area (Å²) in [6.07, 6.45) is -1.50. The molecule has 0 aromatic rings. The molecular formula is C52H98N16O13. The van der Waals surface area contributed by atoms with E-state index in [4.69, 9.17) is 28.7 Å². The molecule has 14 atom stereocenters. The molecule has 1 aliphatic rings. The van der Waals surface area contributed by atoms with Gasteiger partial charge in [0.1, 0.15) is 60.4 Å². The van der Waals surface area contributed by atoms with Gasteiger partial charge in [0.25, 0.3) is 0 Å². The Kier molecular flexibility index (Phi) is 34.7. The molecule has 11 amide bonds. The summed E-state index contributed by atoms with van der Waals surface area (Å²) in [7, 11) is 0. The van der Waals surface area contributed by atoms with Crippen LogP contribution in [0.1, 0.15) is 132 Å². The molecule has 0 aromatic carbocycles. The van der Waals surface area contributed by atoms with E-state index in [9.17, 15) is 63.0 Å². The van der Waals surface area contributed by atoms with Gasteiger partial charge in [-0.05, 0) is 116 Å². The monoisotopic (exact) mass is 1150 g/mol. The lowest BCUT2D eigenvalue weighted by Crippen LogP contribution is -2.62. The maximum Gasteiger partial charge on any atom is 0.245 e. The molecule has 14 unspecified atom stereocenters. The van der Waals surface area contributed by atoms with Crippen molar-refractivity contribution in [2.45, 2.75) is 205 Å². The van der Waals surface area contributed by atoms with Gasteiger partial charge in [0.15, 0.2) is 0 Å². The molecule has 464 valence electrons. The number of hydrogen-bond acceptors (Lipinski definition) is 18. The summed E-state index contributed by atoms with van der Waals surface area (Å²) >= 11 is 0. The van der Waals surface area contributed by atoms with E-state index in [-0.39, 0.29) is 83.6 Å². The van der Waals surface area contributed by atoms with Crippen molar-refractivity contribution in [2.24, 2.45) is 46.4 Å². The topological polar surface area (TPSA) is 491 Å². The molecule has 81 heavy (non-hydrogen) atoms. The third-order valence-electron chi connectivity index (χ3n) is 13.9. The third-order valence-corrected chi connectivity index (χ3v) is 13.9. The number of carbonyl (C=O) groups is 11. The number of aliphatic hydroxyl groups excluding tert-OH is 2. The van der Waals surface area contributed by atoms with Crippen molar-refractivity contribution in [3.05, 3.63) is 0 Å². The zero-order valence-electron chi connectivity index (χ0n) is 48.7. The van der Waals surface area contributed by atoms with Crippen LogP contribution in [0.5, 0.6) is 0 Å². The van der Waals surface area contributed by atoms with Gasteiger partial charge < -0.3 is 97.4 Å². The van der Waals surface area contributed by atoms with Crippen LogP contribution in [0.4, 0.5) is 0 Å². The first-order valence-corrected chi connectivity index (χ1v) is 28.4. The van der Waals surface area contributed by atoms with E-state index >= 15 is 0 Å². The average molecular weight is 1160 g/mol. The Morgan fingerprint density at radius 2 is 1.02 bits per heavy atom. The summed E-state index contributed by atoms with van der Waals surface area (Å²) in [6, 6.07) is -14.5. The van der Waals surface area contributed by atoms with E-state index in [1.807, 2.05) is 6.92 Å². The van der Waals surface area contributed by atoms with Crippen molar-refractivity contribution in [1.82, 2.24) is 58.5 Å². The highest BCUT2D eigenvalue weighted by atomic mass is 16.3. The molecular weight excluding hydrogens is 1060 g/mol. The first-order chi connectivity index (χ1) is 38.2. The fraction of sp³-hybridized carbons (Fsp3) is 0.788. The Hall–Kier alpha value is -6.11.